The molecule has 0 aromatic heterocycles. The number of phenolic OH excluding ortho intramolecular Hbond substituents is 1. The minimum absolute atomic E-state index is 0. The lowest BCUT2D eigenvalue weighted by Gasteiger charge is -2.43. The molecule has 10 heteroatoms. The van der Waals surface area contributed by atoms with Crippen molar-refractivity contribution in [2.24, 2.45) is 11.3 Å². The van der Waals surface area contributed by atoms with Crippen molar-refractivity contribution >= 4 is 18.2 Å². The van der Waals surface area contributed by atoms with Crippen LogP contribution in [0.1, 0.15) is 69.9 Å². The summed E-state index contributed by atoms with van der Waals surface area (Å²) in [6, 6.07) is 5.79. The first kappa shape index (κ1) is 33.3. The van der Waals surface area contributed by atoms with E-state index in [0.29, 0.717) is 30.0 Å². The Morgan fingerprint density at radius 3 is 2.64 bits per heavy atom. The van der Waals surface area contributed by atoms with E-state index in [1.165, 1.54) is 16.7 Å². The third-order valence-electron chi connectivity index (χ3n) is 9.54. The van der Waals surface area contributed by atoms with E-state index in [9.17, 15) is 15.0 Å². The normalized spacial score (nSPS) is 34.8. The van der Waals surface area contributed by atoms with Gasteiger partial charge >= 0.3 is 0 Å². The van der Waals surface area contributed by atoms with E-state index in [2.05, 4.69) is 24.0 Å². The van der Waals surface area contributed by atoms with E-state index >= 15 is 0 Å². The predicted molar refractivity (Wildman–Crippen MR) is 160 cm³/mol. The van der Waals surface area contributed by atoms with Gasteiger partial charge in [-0.1, -0.05) is 24.6 Å². The number of aliphatic hydroxyl groups is 2. The second-order valence-electron chi connectivity index (χ2n) is 13.1. The third kappa shape index (κ3) is 6.59. The monoisotopic (exact) mass is 609 g/mol. The highest BCUT2D eigenvalue weighted by atomic mass is 35.5. The minimum Gasteiger partial charge on any atom is -0.508 e. The van der Waals surface area contributed by atoms with E-state index in [1.54, 1.807) is 6.07 Å². The lowest BCUT2D eigenvalue weighted by atomic mass is 9.60. The van der Waals surface area contributed by atoms with Crippen LogP contribution >= 0.6 is 12.4 Å². The van der Waals surface area contributed by atoms with Gasteiger partial charge in [0.05, 0.1) is 6.61 Å². The van der Waals surface area contributed by atoms with Gasteiger partial charge in [0, 0.05) is 24.4 Å². The summed E-state index contributed by atoms with van der Waals surface area (Å²) in [6.45, 7) is 6.87. The summed E-state index contributed by atoms with van der Waals surface area (Å²) < 4.78 is 23.0. The number of nitrogens with zero attached hydrogens (tertiary/aromatic N) is 1. The van der Waals surface area contributed by atoms with Crippen molar-refractivity contribution < 1.29 is 39.1 Å². The Morgan fingerprint density at radius 2 is 1.93 bits per heavy atom. The van der Waals surface area contributed by atoms with Crippen LogP contribution in [-0.4, -0.2) is 96.3 Å². The molecule has 0 amide bonds. The molecule has 236 valence electrons. The number of phenols is 1. The van der Waals surface area contributed by atoms with Crippen molar-refractivity contribution in [1.29, 1.82) is 0 Å². The van der Waals surface area contributed by atoms with Crippen molar-refractivity contribution in [3.05, 3.63) is 41.0 Å². The smallest absolute Gasteiger partial charge is 0.190 e. The van der Waals surface area contributed by atoms with Crippen LogP contribution in [0.5, 0.6) is 5.75 Å². The fraction of sp³-hybridized carbons (Fsp3) is 0.719. The number of hydrogen-bond acceptors (Lipinski definition) is 9. The molecule has 3 N–H and O–H groups in total. The molecule has 5 aliphatic rings. The van der Waals surface area contributed by atoms with Crippen LogP contribution in [0.3, 0.4) is 0 Å². The highest BCUT2D eigenvalue weighted by molar-refractivity contribution is 5.88. The van der Waals surface area contributed by atoms with Crippen molar-refractivity contribution in [3.63, 3.8) is 0 Å². The van der Waals surface area contributed by atoms with Gasteiger partial charge < -0.3 is 39.2 Å². The number of rotatable bonds is 7. The Hall–Kier alpha value is -1.56. The lowest BCUT2D eigenvalue weighted by molar-refractivity contribution is -0.231. The van der Waals surface area contributed by atoms with Crippen LogP contribution in [0.2, 0.25) is 0 Å². The number of allylic oxidation sites excluding steroid dienone is 2. The summed E-state index contributed by atoms with van der Waals surface area (Å²) in [5.41, 5.74) is 4.03. The molecular weight excluding hydrogens is 562 g/mol. The van der Waals surface area contributed by atoms with Gasteiger partial charge in [0.15, 0.2) is 12.1 Å². The molecule has 2 aliphatic heterocycles. The zero-order valence-electron chi connectivity index (χ0n) is 25.5. The van der Waals surface area contributed by atoms with Crippen LogP contribution in [0.15, 0.2) is 29.8 Å². The molecular formula is C32H48ClNO8. The Balaban J connectivity index is 0.000000188. The molecule has 42 heavy (non-hydrogen) atoms. The molecule has 2 saturated heterocycles. The number of ether oxygens (including phenoxy) is 4. The summed E-state index contributed by atoms with van der Waals surface area (Å²) in [5.74, 6) is 1.03. The maximum atomic E-state index is 12.2. The summed E-state index contributed by atoms with van der Waals surface area (Å²) in [4.78, 5) is 14.3. The van der Waals surface area contributed by atoms with E-state index in [4.69, 9.17) is 24.1 Å². The van der Waals surface area contributed by atoms with Crippen LogP contribution in [0.4, 0.5) is 0 Å². The van der Waals surface area contributed by atoms with Crippen molar-refractivity contribution in [2.45, 2.75) is 102 Å². The molecule has 0 bridgehead atoms. The molecule has 3 aliphatic carbocycles. The van der Waals surface area contributed by atoms with Crippen LogP contribution in [-0.2, 0) is 30.2 Å². The van der Waals surface area contributed by atoms with Crippen molar-refractivity contribution in [3.8, 4) is 5.75 Å². The number of hydrogen-bond donors (Lipinski definition) is 3. The number of ketones is 1. The van der Waals surface area contributed by atoms with Gasteiger partial charge in [0.2, 0.25) is 0 Å². The molecule has 1 aromatic carbocycles. The number of carbonyl (C=O) groups is 1. The molecule has 6 rings (SSSR count). The molecule has 0 radical (unpaired) electrons. The van der Waals surface area contributed by atoms with Crippen molar-refractivity contribution in [1.82, 2.24) is 4.90 Å². The summed E-state index contributed by atoms with van der Waals surface area (Å²) in [5, 5.41) is 28.7. The van der Waals surface area contributed by atoms with Gasteiger partial charge in [-0.3, -0.25) is 4.79 Å². The summed E-state index contributed by atoms with van der Waals surface area (Å²) in [6.07, 6.45) is 4.94. The number of Topliss-reactive ketones (excluding diaryl/α,β-unsaturated/α-hetero) is 1. The minimum atomic E-state index is -1.01. The predicted octanol–water partition coefficient (Wildman–Crippen LogP) is 3.71. The topological polar surface area (TPSA) is 118 Å². The van der Waals surface area contributed by atoms with Gasteiger partial charge in [0.1, 0.15) is 35.9 Å². The summed E-state index contributed by atoms with van der Waals surface area (Å²) >= 11 is 0. The number of fused-ring (bicyclic) bond motifs is 6. The van der Waals surface area contributed by atoms with E-state index < -0.39 is 30.4 Å². The maximum Gasteiger partial charge on any atom is 0.190 e. The standard InChI is InChI=1S/C18H20O2.C14H27NO6.ClH/c1-18-9-8-14-13-5-3-12(19)10-11(13)2-4-15(14)16(18)6-7-17(18)20;1-14(2)20-12-11(18-7-5-6-15(3)4)10(9(17)8-16)19-13(12)21-14;/h3-5,10,14,16,19H,2,6-9H2,1H3;9-13,16-17H,5-8H2,1-4H3;1H. The van der Waals surface area contributed by atoms with Gasteiger partial charge in [-0.2, -0.15) is 0 Å². The fourth-order valence-electron chi connectivity index (χ4n) is 7.44. The maximum absolute atomic E-state index is 12.2. The van der Waals surface area contributed by atoms with E-state index in [1.807, 2.05) is 34.0 Å². The molecule has 2 saturated carbocycles. The van der Waals surface area contributed by atoms with Gasteiger partial charge in [-0.05, 0) is 95.8 Å². The summed E-state index contributed by atoms with van der Waals surface area (Å²) in [7, 11) is 4.01. The average molecular weight is 610 g/mol. The van der Waals surface area contributed by atoms with Crippen LogP contribution in [0, 0.1) is 11.3 Å². The molecule has 8 unspecified atom stereocenters. The average Bonchev–Trinajstić information content (AvgIpc) is 3.52. The zero-order chi connectivity index (χ0) is 29.5. The van der Waals surface area contributed by atoms with Gasteiger partial charge in [-0.15, -0.1) is 12.4 Å². The fourth-order valence-corrected chi connectivity index (χ4v) is 7.44. The first-order valence-electron chi connectivity index (χ1n) is 15.0. The molecule has 9 nitrogen and oxygen atoms in total. The first-order valence-corrected chi connectivity index (χ1v) is 15.0. The zero-order valence-corrected chi connectivity index (χ0v) is 26.3. The Kier molecular flexibility index (Phi) is 10.5. The van der Waals surface area contributed by atoms with Crippen LogP contribution in [0.25, 0.3) is 0 Å². The SMILES string of the molecule is CC12CCC3C(=CCc4cc(O)ccc43)C1CCC2=O.CN(C)CCCOC1C(C(O)CO)OC2OC(C)(C)OC21.Cl. The van der Waals surface area contributed by atoms with Gasteiger partial charge in [0.25, 0.3) is 0 Å². The second kappa shape index (κ2) is 13.2. The molecule has 4 fully saturated rings. The molecule has 2 heterocycles. The molecule has 1 aromatic rings. The number of aromatic hydroxyl groups is 1. The Morgan fingerprint density at radius 1 is 1.17 bits per heavy atom. The highest BCUT2D eigenvalue weighted by Crippen LogP contribution is 2.58. The number of halogens is 1. The number of aliphatic hydroxyl groups excluding tert-OH is 2. The first-order chi connectivity index (χ1) is 19.4. The largest absolute Gasteiger partial charge is 0.508 e. The van der Waals surface area contributed by atoms with Gasteiger partial charge in [-0.25, -0.2) is 0 Å². The Labute approximate surface area is 255 Å². The number of benzene rings is 1. The third-order valence-corrected chi connectivity index (χ3v) is 9.54. The molecule has 0 spiro atoms. The molecule has 8 atom stereocenters. The lowest BCUT2D eigenvalue weighted by Crippen LogP contribution is -2.44. The van der Waals surface area contributed by atoms with Crippen LogP contribution < -0.4 is 0 Å². The van der Waals surface area contributed by atoms with E-state index in [-0.39, 0.29) is 30.5 Å². The van der Waals surface area contributed by atoms with E-state index in [0.717, 1.165) is 45.1 Å². The highest BCUT2D eigenvalue weighted by Gasteiger charge is 2.57. The number of carbonyl (C=O) groups excluding carboxylic acids is 1. The quantitative estimate of drug-likeness (QED) is 0.314. The van der Waals surface area contributed by atoms with Crippen molar-refractivity contribution in [2.75, 3.05) is 33.9 Å². The second-order valence-corrected chi connectivity index (χ2v) is 13.1. The Bertz CT molecular complexity index is 1140.